The third-order valence-corrected chi connectivity index (χ3v) is 12.9. The van der Waals surface area contributed by atoms with E-state index in [0.717, 1.165) is 39.1 Å². The van der Waals surface area contributed by atoms with Gasteiger partial charge in [0, 0.05) is 58.4 Å². The van der Waals surface area contributed by atoms with Gasteiger partial charge in [-0.2, -0.15) is 0 Å². The van der Waals surface area contributed by atoms with Crippen LogP contribution in [0.3, 0.4) is 0 Å². The van der Waals surface area contributed by atoms with Gasteiger partial charge in [-0.05, 0) is 53.6 Å². The summed E-state index contributed by atoms with van der Waals surface area (Å²) in [4.78, 5) is 11.0. The molecule has 1 aliphatic rings. The van der Waals surface area contributed by atoms with Crippen molar-refractivity contribution in [3.8, 4) is 45.0 Å². The maximum absolute atomic E-state index is 5.51. The fraction of sp³-hybridized carbons (Fsp3) is 0. The normalized spacial score (nSPS) is 12.4. The molecule has 0 saturated carbocycles. The second-order valence-corrected chi connectivity index (χ2v) is 15.6. The van der Waals surface area contributed by atoms with Gasteiger partial charge in [0.15, 0.2) is 5.82 Å². The van der Waals surface area contributed by atoms with Gasteiger partial charge in [-0.25, -0.2) is 9.97 Å². The Hall–Kier alpha value is -7.08. The van der Waals surface area contributed by atoms with Crippen molar-refractivity contribution in [2.75, 3.05) is 0 Å². The SMILES string of the molecule is c1ccc2c(c1)-c1ccccc1-n1c3cc4c5ccccc5n(-c5nc6ccccc6nc5-c5cccc6c5sc5ccccc56)c4cc3c3cccc-2c31. The molecule has 0 atom stereocenters. The van der Waals surface area contributed by atoms with E-state index in [4.69, 9.17) is 9.97 Å². The van der Waals surface area contributed by atoms with E-state index in [9.17, 15) is 0 Å². The first kappa shape index (κ1) is 29.4. The molecule has 13 rings (SSSR count). The number of benzene rings is 8. The number of nitrogens with zero attached hydrogens (tertiary/aromatic N) is 4. The molecular formula is C50H28N4S. The minimum Gasteiger partial charge on any atom is -0.308 e. The Morgan fingerprint density at radius 2 is 0.964 bits per heavy atom. The number of hydrogen-bond acceptors (Lipinski definition) is 3. The maximum Gasteiger partial charge on any atom is 0.165 e. The highest BCUT2D eigenvalue weighted by Gasteiger charge is 2.27. The van der Waals surface area contributed by atoms with Crippen LogP contribution in [0.4, 0.5) is 0 Å². The number of thiophene rings is 1. The van der Waals surface area contributed by atoms with Gasteiger partial charge < -0.3 is 4.57 Å². The van der Waals surface area contributed by atoms with Crippen molar-refractivity contribution in [2.24, 2.45) is 0 Å². The molecule has 254 valence electrons. The third kappa shape index (κ3) is 3.89. The molecule has 0 unspecified atom stereocenters. The van der Waals surface area contributed by atoms with Crippen LogP contribution in [0.1, 0.15) is 0 Å². The van der Waals surface area contributed by atoms with E-state index < -0.39 is 0 Å². The minimum atomic E-state index is 0.832. The highest BCUT2D eigenvalue weighted by atomic mass is 32.1. The topological polar surface area (TPSA) is 35.6 Å². The largest absolute Gasteiger partial charge is 0.308 e. The lowest BCUT2D eigenvalue weighted by atomic mass is 9.94. The maximum atomic E-state index is 5.51. The van der Waals surface area contributed by atoms with E-state index in [-0.39, 0.29) is 0 Å². The van der Waals surface area contributed by atoms with Crippen LogP contribution in [0.15, 0.2) is 170 Å². The van der Waals surface area contributed by atoms with E-state index >= 15 is 0 Å². The van der Waals surface area contributed by atoms with E-state index in [0.29, 0.717) is 0 Å². The number of para-hydroxylation sites is 5. The second kappa shape index (κ2) is 10.8. The summed E-state index contributed by atoms with van der Waals surface area (Å²) in [6, 6.07) is 61.6. The molecule has 0 saturated heterocycles. The zero-order valence-electron chi connectivity index (χ0n) is 29.4. The molecule has 1 aliphatic heterocycles. The molecule has 0 N–H and O–H groups in total. The second-order valence-electron chi connectivity index (χ2n) is 14.5. The Labute approximate surface area is 318 Å². The van der Waals surface area contributed by atoms with Gasteiger partial charge in [0.05, 0.1) is 38.8 Å². The van der Waals surface area contributed by atoms with Gasteiger partial charge in [0.1, 0.15) is 5.69 Å². The van der Waals surface area contributed by atoms with Gasteiger partial charge in [-0.15, -0.1) is 11.3 Å². The van der Waals surface area contributed by atoms with E-state index in [1.807, 2.05) is 17.4 Å². The van der Waals surface area contributed by atoms with Crippen LogP contribution in [-0.2, 0) is 0 Å². The summed E-state index contributed by atoms with van der Waals surface area (Å²) in [6.45, 7) is 0. The average Bonchev–Trinajstić information content (AvgIpc) is 3.87. The Morgan fingerprint density at radius 3 is 1.82 bits per heavy atom. The van der Waals surface area contributed by atoms with Gasteiger partial charge in [0.2, 0.25) is 0 Å². The zero-order chi connectivity index (χ0) is 35.8. The lowest BCUT2D eigenvalue weighted by molar-refractivity contribution is 1.08. The van der Waals surface area contributed by atoms with Crippen LogP contribution in [0.25, 0.3) is 120 Å². The molecule has 55 heavy (non-hydrogen) atoms. The summed E-state index contributed by atoms with van der Waals surface area (Å²) in [5.74, 6) is 0.832. The summed E-state index contributed by atoms with van der Waals surface area (Å²) in [6.07, 6.45) is 0. The standard InChI is InChI=1S/C50H28N4S/c1-2-14-30-29(13-1)31-15-3-8-24-42(31)53-44-27-38-32-16-4-9-25-43(32)54(45(38)28-39(44)35-19-11-18-34(30)48(35)53)50-47(51-40-22-6-7-23-41(40)52-50)37-21-12-20-36-33-17-5-10-26-46(33)55-49(36)37/h1-28H. The highest BCUT2D eigenvalue weighted by molar-refractivity contribution is 7.26. The van der Waals surface area contributed by atoms with Crippen LogP contribution in [0.2, 0.25) is 0 Å². The minimum absolute atomic E-state index is 0.832. The fourth-order valence-corrected chi connectivity index (χ4v) is 10.5. The van der Waals surface area contributed by atoms with Crippen LogP contribution >= 0.6 is 11.3 Å². The number of aromatic nitrogens is 4. The molecule has 4 aromatic heterocycles. The smallest absolute Gasteiger partial charge is 0.165 e. The van der Waals surface area contributed by atoms with E-state index in [1.165, 1.54) is 80.7 Å². The van der Waals surface area contributed by atoms with Crippen molar-refractivity contribution < 1.29 is 0 Å². The summed E-state index contributed by atoms with van der Waals surface area (Å²) < 4.78 is 7.37. The van der Waals surface area contributed by atoms with Crippen LogP contribution in [0.5, 0.6) is 0 Å². The number of hydrogen-bond donors (Lipinski definition) is 0. The molecule has 0 spiro atoms. The van der Waals surface area contributed by atoms with Crippen LogP contribution in [0, 0.1) is 0 Å². The predicted molar refractivity (Wildman–Crippen MR) is 231 cm³/mol. The zero-order valence-corrected chi connectivity index (χ0v) is 30.2. The molecule has 8 aromatic carbocycles. The summed E-state index contributed by atoms with van der Waals surface area (Å²) in [5.41, 5.74) is 14.6. The Bertz CT molecular complexity index is 3620. The molecule has 4 nitrogen and oxygen atoms in total. The summed E-state index contributed by atoms with van der Waals surface area (Å²) in [5, 5.41) is 7.33. The van der Waals surface area contributed by atoms with Crippen LogP contribution in [-0.4, -0.2) is 19.1 Å². The van der Waals surface area contributed by atoms with Gasteiger partial charge >= 0.3 is 0 Å². The molecular weight excluding hydrogens is 689 g/mol. The molecule has 0 aliphatic carbocycles. The molecule has 12 aromatic rings. The Morgan fingerprint density at radius 1 is 0.382 bits per heavy atom. The van der Waals surface area contributed by atoms with Gasteiger partial charge in [-0.1, -0.05) is 127 Å². The Kier molecular flexibility index (Phi) is 5.74. The molecule has 0 bridgehead atoms. The number of fused-ring (bicyclic) bond motifs is 15. The first-order valence-corrected chi connectivity index (χ1v) is 19.5. The van der Waals surface area contributed by atoms with Gasteiger partial charge in [0.25, 0.3) is 0 Å². The predicted octanol–water partition coefficient (Wildman–Crippen LogP) is 13.5. The highest BCUT2D eigenvalue weighted by Crippen LogP contribution is 2.48. The van der Waals surface area contributed by atoms with E-state index in [1.54, 1.807) is 0 Å². The average molecular weight is 717 g/mol. The van der Waals surface area contributed by atoms with Crippen molar-refractivity contribution in [1.29, 1.82) is 0 Å². The molecule has 0 amide bonds. The summed E-state index contributed by atoms with van der Waals surface area (Å²) >= 11 is 1.83. The first-order valence-electron chi connectivity index (χ1n) is 18.7. The molecule has 5 heterocycles. The van der Waals surface area contributed by atoms with Gasteiger partial charge in [-0.3, -0.25) is 4.57 Å². The molecule has 0 radical (unpaired) electrons. The van der Waals surface area contributed by atoms with Crippen molar-refractivity contribution in [3.63, 3.8) is 0 Å². The fourth-order valence-electron chi connectivity index (χ4n) is 9.33. The monoisotopic (exact) mass is 716 g/mol. The Balaban J connectivity index is 1.19. The lowest BCUT2D eigenvalue weighted by Gasteiger charge is -2.14. The van der Waals surface area contributed by atoms with E-state index in [2.05, 4.69) is 173 Å². The number of rotatable bonds is 2. The van der Waals surface area contributed by atoms with Crippen molar-refractivity contribution in [3.05, 3.63) is 170 Å². The quantitative estimate of drug-likeness (QED) is 0.179. The summed E-state index contributed by atoms with van der Waals surface area (Å²) in [7, 11) is 0. The van der Waals surface area contributed by atoms with Crippen molar-refractivity contribution >= 4 is 86.2 Å². The lowest BCUT2D eigenvalue weighted by Crippen LogP contribution is -2.03. The van der Waals surface area contributed by atoms with Crippen molar-refractivity contribution in [1.82, 2.24) is 19.1 Å². The molecule has 5 heteroatoms. The molecule has 0 fully saturated rings. The van der Waals surface area contributed by atoms with Crippen LogP contribution < -0.4 is 0 Å². The third-order valence-electron chi connectivity index (χ3n) is 11.7. The first-order chi connectivity index (χ1) is 27.3. The van der Waals surface area contributed by atoms with Crippen molar-refractivity contribution in [2.45, 2.75) is 0 Å².